The van der Waals surface area contributed by atoms with Crippen molar-refractivity contribution < 1.29 is 17.6 Å². The normalized spacial score (nSPS) is 16.8. The maximum atomic E-state index is 14.3. The van der Waals surface area contributed by atoms with Crippen molar-refractivity contribution in [2.75, 3.05) is 23.3 Å². The van der Waals surface area contributed by atoms with Crippen LogP contribution in [0.15, 0.2) is 30.5 Å². The van der Waals surface area contributed by atoms with Gasteiger partial charge in [0.1, 0.15) is 12.0 Å². The third kappa shape index (κ3) is 3.81. The number of hydrogen-bond donors (Lipinski definition) is 1. The van der Waals surface area contributed by atoms with Crippen LogP contribution in [0.3, 0.4) is 0 Å². The molecule has 152 valence electrons. The molecule has 1 N–H and O–H groups in total. The number of aromatic nitrogens is 3. The number of benzene rings is 1. The van der Waals surface area contributed by atoms with E-state index in [4.69, 9.17) is 0 Å². The largest absolute Gasteiger partial charge is 0.367 e. The number of nitrogens with one attached hydrogen (secondary N) is 1. The van der Waals surface area contributed by atoms with Crippen molar-refractivity contribution in [1.29, 1.82) is 0 Å². The highest BCUT2D eigenvalue weighted by molar-refractivity contribution is 5.92. The summed E-state index contributed by atoms with van der Waals surface area (Å²) in [5.74, 6) is -0.581. The van der Waals surface area contributed by atoms with Crippen LogP contribution in [-0.2, 0) is 6.54 Å². The van der Waals surface area contributed by atoms with E-state index in [-0.39, 0.29) is 12.1 Å². The molecule has 1 atom stereocenters. The average Bonchev–Trinajstić information content (AvgIpc) is 3.14. The van der Waals surface area contributed by atoms with E-state index in [0.717, 1.165) is 11.8 Å². The average molecular weight is 405 g/mol. The zero-order valence-corrected chi connectivity index (χ0v) is 15.7. The Hall–Kier alpha value is -2.97. The maximum Gasteiger partial charge on any atom is 0.266 e. The Morgan fingerprint density at radius 2 is 2.10 bits per heavy atom. The molecule has 0 aliphatic carbocycles. The number of hydrogen-bond acceptors (Lipinski definition) is 5. The fourth-order valence-corrected chi connectivity index (χ4v) is 3.49. The first-order valence-corrected chi connectivity index (χ1v) is 9.25. The third-order valence-electron chi connectivity index (χ3n) is 5.06. The molecule has 1 aromatic carbocycles. The summed E-state index contributed by atoms with van der Waals surface area (Å²) in [6.45, 7) is 2.63. The van der Waals surface area contributed by atoms with Gasteiger partial charge in [-0.1, -0.05) is 18.2 Å². The van der Waals surface area contributed by atoms with E-state index >= 15 is 0 Å². The topological polar surface area (TPSA) is 53.9 Å². The number of pyridine rings is 1. The molecule has 9 heteroatoms. The minimum absolute atomic E-state index is 0.0419. The van der Waals surface area contributed by atoms with Gasteiger partial charge in [-0.25, -0.2) is 17.6 Å². The lowest BCUT2D eigenvalue weighted by molar-refractivity contribution is 0.146. The number of fused-ring (bicyclic) bond motifs is 1. The number of anilines is 2. The van der Waals surface area contributed by atoms with Crippen LogP contribution in [0.2, 0.25) is 0 Å². The molecule has 2 aromatic heterocycles. The molecule has 1 fully saturated rings. The Morgan fingerprint density at radius 1 is 1.28 bits per heavy atom. The van der Waals surface area contributed by atoms with Gasteiger partial charge in [0.25, 0.3) is 6.43 Å². The van der Waals surface area contributed by atoms with Crippen LogP contribution in [0.25, 0.3) is 10.9 Å². The molecule has 3 aromatic rings. The summed E-state index contributed by atoms with van der Waals surface area (Å²) >= 11 is 0. The number of aryl methyl sites for hydroxylation is 1. The Morgan fingerprint density at radius 3 is 2.83 bits per heavy atom. The van der Waals surface area contributed by atoms with Crippen molar-refractivity contribution in [2.24, 2.45) is 0 Å². The molecule has 0 radical (unpaired) electrons. The fourth-order valence-electron chi connectivity index (χ4n) is 3.49. The van der Waals surface area contributed by atoms with Gasteiger partial charge in [0, 0.05) is 30.6 Å². The molecule has 5 nitrogen and oxygen atoms in total. The Kier molecular flexibility index (Phi) is 5.21. The molecule has 4 rings (SSSR count). The molecule has 0 spiro atoms. The predicted molar refractivity (Wildman–Crippen MR) is 102 cm³/mol. The molecule has 1 unspecified atom stereocenters. The lowest BCUT2D eigenvalue weighted by Crippen LogP contribution is -2.20. The van der Waals surface area contributed by atoms with Gasteiger partial charge < -0.3 is 10.2 Å². The fraction of sp³-hybridized carbons (Fsp3) is 0.350. The van der Waals surface area contributed by atoms with E-state index < -0.39 is 24.0 Å². The predicted octanol–water partition coefficient (Wildman–Crippen LogP) is 4.57. The van der Waals surface area contributed by atoms with E-state index in [2.05, 4.69) is 20.5 Å². The van der Waals surface area contributed by atoms with Gasteiger partial charge in [-0.15, -0.1) is 5.10 Å². The molecular formula is C20H19F4N5. The summed E-state index contributed by atoms with van der Waals surface area (Å²) in [6.07, 6.45) is -1.62. The van der Waals surface area contributed by atoms with E-state index in [1.807, 2.05) is 11.0 Å². The Bertz CT molecular complexity index is 1040. The van der Waals surface area contributed by atoms with Crippen LogP contribution in [-0.4, -0.2) is 34.4 Å². The molecule has 0 amide bonds. The van der Waals surface area contributed by atoms with Gasteiger partial charge >= 0.3 is 0 Å². The summed E-state index contributed by atoms with van der Waals surface area (Å²) in [4.78, 5) is 6.35. The molecule has 0 bridgehead atoms. The summed E-state index contributed by atoms with van der Waals surface area (Å²) in [6, 6.07) is 5.74. The number of halogens is 4. The molecule has 3 heterocycles. The smallest absolute Gasteiger partial charge is 0.266 e. The highest BCUT2D eigenvalue weighted by atomic mass is 19.3. The lowest BCUT2D eigenvalue weighted by Gasteiger charge is -2.18. The molecule has 29 heavy (non-hydrogen) atoms. The summed E-state index contributed by atoms with van der Waals surface area (Å²) in [7, 11) is 0. The third-order valence-corrected chi connectivity index (χ3v) is 5.06. The Labute approximate surface area is 164 Å². The first kappa shape index (κ1) is 19.4. The van der Waals surface area contributed by atoms with Crippen molar-refractivity contribution in [3.63, 3.8) is 0 Å². The van der Waals surface area contributed by atoms with E-state index in [9.17, 15) is 17.6 Å². The second kappa shape index (κ2) is 7.81. The van der Waals surface area contributed by atoms with E-state index in [1.54, 1.807) is 13.1 Å². The van der Waals surface area contributed by atoms with Crippen molar-refractivity contribution in [1.82, 2.24) is 15.2 Å². The van der Waals surface area contributed by atoms with Gasteiger partial charge in [0.15, 0.2) is 5.82 Å². The minimum Gasteiger partial charge on any atom is -0.367 e. The van der Waals surface area contributed by atoms with Crippen molar-refractivity contribution in [3.05, 3.63) is 53.1 Å². The van der Waals surface area contributed by atoms with Crippen molar-refractivity contribution in [2.45, 2.75) is 32.5 Å². The second-order valence-corrected chi connectivity index (χ2v) is 7.03. The maximum absolute atomic E-state index is 14.3. The monoisotopic (exact) mass is 405 g/mol. The number of rotatable bonds is 5. The van der Waals surface area contributed by atoms with Gasteiger partial charge in [0.05, 0.1) is 28.7 Å². The molecule has 1 aliphatic rings. The van der Waals surface area contributed by atoms with Crippen molar-refractivity contribution in [3.8, 4) is 0 Å². The zero-order valence-electron chi connectivity index (χ0n) is 15.7. The highest BCUT2D eigenvalue weighted by Gasteiger charge is 2.23. The second-order valence-electron chi connectivity index (χ2n) is 7.03. The van der Waals surface area contributed by atoms with Crippen LogP contribution < -0.4 is 10.2 Å². The molecule has 1 aliphatic heterocycles. The first-order chi connectivity index (χ1) is 13.9. The quantitative estimate of drug-likeness (QED) is 0.631. The van der Waals surface area contributed by atoms with Crippen molar-refractivity contribution >= 4 is 22.4 Å². The van der Waals surface area contributed by atoms with Gasteiger partial charge in [-0.3, -0.25) is 4.98 Å². The van der Waals surface area contributed by atoms with E-state index in [1.165, 1.54) is 12.1 Å². The van der Waals surface area contributed by atoms with Gasteiger partial charge in [0.2, 0.25) is 0 Å². The standard InChI is InChI=1S/C20H19F4N5/c1-11-18-16(7-14(9-25-18)29-6-5-13(21)10-29)20(28-27-11)26-8-12-3-2-4-15(17(12)22)19(23)24/h2-4,7,9,13,19H,5-6,8,10H2,1H3,(H,26,28). The van der Waals surface area contributed by atoms with Crippen LogP contribution in [0.5, 0.6) is 0 Å². The Balaban J connectivity index is 1.65. The minimum atomic E-state index is -2.89. The highest BCUT2D eigenvalue weighted by Crippen LogP contribution is 2.29. The number of nitrogens with zero attached hydrogens (tertiary/aromatic N) is 4. The molecule has 0 saturated carbocycles. The first-order valence-electron chi connectivity index (χ1n) is 9.25. The number of alkyl halides is 3. The van der Waals surface area contributed by atoms with E-state index in [0.29, 0.717) is 41.9 Å². The van der Waals surface area contributed by atoms with Crippen LogP contribution in [0.4, 0.5) is 29.1 Å². The lowest BCUT2D eigenvalue weighted by atomic mass is 10.1. The zero-order chi connectivity index (χ0) is 20.5. The van der Waals surface area contributed by atoms with Crippen LogP contribution >= 0.6 is 0 Å². The summed E-state index contributed by atoms with van der Waals surface area (Å²) < 4.78 is 53.7. The van der Waals surface area contributed by atoms with Crippen LogP contribution in [0.1, 0.15) is 29.7 Å². The van der Waals surface area contributed by atoms with Gasteiger partial charge in [-0.2, -0.15) is 5.10 Å². The summed E-state index contributed by atoms with van der Waals surface area (Å²) in [5.41, 5.74) is 1.46. The van der Waals surface area contributed by atoms with Crippen LogP contribution in [0, 0.1) is 12.7 Å². The van der Waals surface area contributed by atoms with Gasteiger partial charge in [-0.05, 0) is 19.4 Å². The summed E-state index contributed by atoms with van der Waals surface area (Å²) in [5, 5.41) is 11.8. The molecule has 1 saturated heterocycles. The SMILES string of the molecule is Cc1nnc(NCc2cccc(C(F)F)c2F)c2cc(N3CCC(F)C3)cnc12. The molecular weight excluding hydrogens is 386 g/mol.